The molecule has 1 aromatic carbocycles. The maximum absolute atomic E-state index is 5.89. The molecule has 3 rings (SSSR count). The molecule has 0 unspecified atom stereocenters. The zero-order chi connectivity index (χ0) is 11.2. The number of hydrogen-bond acceptors (Lipinski definition) is 2. The number of nitrogens with zero attached hydrogens (tertiary/aromatic N) is 1. The van der Waals surface area contributed by atoms with Gasteiger partial charge in [-0.25, -0.2) is 0 Å². The Hall–Kier alpha value is -1.02. The molecule has 0 aromatic heterocycles. The average Bonchev–Trinajstić information content (AvgIpc) is 2.98. The first-order valence-corrected chi connectivity index (χ1v) is 6.35. The molecule has 2 aliphatic rings. The summed E-state index contributed by atoms with van der Waals surface area (Å²) in [7, 11) is 0. The highest BCUT2D eigenvalue weighted by atomic mass is 15.1. The van der Waals surface area contributed by atoms with Crippen molar-refractivity contribution in [2.24, 2.45) is 0 Å². The molecule has 16 heavy (non-hydrogen) atoms. The van der Waals surface area contributed by atoms with Crippen LogP contribution in [0.1, 0.15) is 37.3 Å². The highest BCUT2D eigenvalue weighted by Crippen LogP contribution is 2.52. The molecular formula is C14H20N2. The molecule has 1 aromatic rings. The second kappa shape index (κ2) is 3.49. The second-order valence-electron chi connectivity index (χ2n) is 5.41. The molecule has 0 amide bonds. The van der Waals surface area contributed by atoms with Crippen molar-refractivity contribution < 1.29 is 0 Å². The number of benzene rings is 1. The van der Waals surface area contributed by atoms with E-state index in [1.807, 2.05) is 0 Å². The third-order valence-electron chi connectivity index (χ3n) is 4.01. The van der Waals surface area contributed by atoms with Gasteiger partial charge in [-0.2, -0.15) is 0 Å². The fraction of sp³-hybridized carbons (Fsp3) is 0.571. The Morgan fingerprint density at radius 3 is 2.88 bits per heavy atom. The summed E-state index contributed by atoms with van der Waals surface area (Å²) in [5, 5.41) is 0. The van der Waals surface area contributed by atoms with Gasteiger partial charge in [0.05, 0.1) is 0 Å². The van der Waals surface area contributed by atoms with Crippen molar-refractivity contribution in [2.45, 2.75) is 38.1 Å². The van der Waals surface area contributed by atoms with Gasteiger partial charge in [-0.1, -0.05) is 13.0 Å². The standard InChI is InChI=1S/C14H20N2/c1-2-7-16-9-11-8-12(15)3-4-13(11)14(10-16)5-6-14/h3-4,8H,2,5-7,9-10,15H2,1H3. The monoisotopic (exact) mass is 216 g/mol. The van der Waals surface area contributed by atoms with E-state index in [1.165, 1.54) is 37.9 Å². The molecule has 0 bridgehead atoms. The molecule has 86 valence electrons. The van der Waals surface area contributed by atoms with Crippen molar-refractivity contribution in [3.05, 3.63) is 29.3 Å². The van der Waals surface area contributed by atoms with E-state index in [0.29, 0.717) is 5.41 Å². The molecule has 1 fully saturated rings. The van der Waals surface area contributed by atoms with Gasteiger partial charge in [-0.05, 0) is 49.1 Å². The topological polar surface area (TPSA) is 29.3 Å². The van der Waals surface area contributed by atoms with E-state index in [1.54, 1.807) is 5.56 Å². The molecule has 0 saturated heterocycles. The van der Waals surface area contributed by atoms with Crippen LogP contribution in [0.2, 0.25) is 0 Å². The summed E-state index contributed by atoms with van der Waals surface area (Å²) in [6, 6.07) is 6.51. The first-order valence-electron chi connectivity index (χ1n) is 6.35. The largest absolute Gasteiger partial charge is 0.399 e. The van der Waals surface area contributed by atoms with Crippen molar-refractivity contribution in [3.8, 4) is 0 Å². The van der Waals surface area contributed by atoms with Crippen molar-refractivity contribution in [3.63, 3.8) is 0 Å². The fourth-order valence-electron chi connectivity index (χ4n) is 3.12. The van der Waals surface area contributed by atoms with Crippen LogP contribution in [-0.2, 0) is 12.0 Å². The van der Waals surface area contributed by atoms with Gasteiger partial charge in [0.1, 0.15) is 0 Å². The number of rotatable bonds is 2. The van der Waals surface area contributed by atoms with Gasteiger partial charge >= 0.3 is 0 Å². The summed E-state index contributed by atoms with van der Waals surface area (Å²) in [5.74, 6) is 0. The minimum Gasteiger partial charge on any atom is -0.399 e. The summed E-state index contributed by atoms with van der Waals surface area (Å²) in [6.07, 6.45) is 3.97. The number of fused-ring (bicyclic) bond motifs is 2. The van der Waals surface area contributed by atoms with Gasteiger partial charge in [-0.3, -0.25) is 4.90 Å². The van der Waals surface area contributed by atoms with Crippen LogP contribution in [0, 0.1) is 0 Å². The Morgan fingerprint density at radius 1 is 1.38 bits per heavy atom. The van der Waals surface area contributed by atoms with Crippen LogP contribution in [0.4, 0.5) is 5.69 Å². The Bertz CT molecular complexity index is 407. The highest BCUT2D eigenvalue weighted by Gasteiger charge is 2.48. The third-order valence-corrected chi connectivity index (χ3v) is 4.01. The fourth-order valence-corrected chi connectivity index (χ4v) is 3.12. The Labute approximate surface area is 97.4 Å². The molecular weight excluding hydrogens is 196 g/mol. The molecule has 1 spiro atoms. The van der Waals surface area contributed by atoms with Crippen LogP contribution in [0.15, 0.2) is 18.2 Å². The van der Waals surface area contributed by atoms with Gasteiger partial charge < -0.3 is 5.73 Å². The Kier molecular flexibility index (Phi) is 2.21. The SMILES string of the molecule is CCCN1Cc2cc(N)ccc2C2(CC2)C1. The summed E-state index contributed by atoms with van der Waals surface area (Å²) in [6.45, 7) is 5.83. The number of nitrogens with two attached hydrogens (primary N) is 1. The molecule has 0 atom stereocenters. The normalized spacial score (nSPS) is 22.1. The van der Waals surface area contributed by atoms with E-state index in [4.69, 9.17) is 5.73 Å². The predicted octanol–water partition coefficient (Wildman–Crippen LogP) is 2.53. The van der Waals surface area contributed by atoms with Crippen LogP contribution >= 0.6 is 0 Å². The van der Waals surface area contributed by atoms with E-state index in [9.17, 15) is 0 Å². The van der Waals surface area contributed by atoms with Gasteiger partial charge in [0.25, 0.3) is 0 Å². The van der Waals surface area contributed by atoms with Crippen molar-refractivity contribution in [1.82, 2.24) is 4.90 Å². The molecule has 1 aliphatic heterocycles. The zero-order valence-corrected chi connectivity index (χ0v) is 10.00. The molecule has 1 saturated carbocycles. The lowest BCUT2D eigenvalue weighted by molar-refractivity contribution is 0.222. The summed E-state index contributed by atoms with van der Waals surface area (Å²) in [5.41, 5.74) is 10.3. The first kappa shape index (κ1) is 10.2. The smallest absolute Gasteiger partial charge is 0.0317 e. The Morgan fingerprint density at radius 2 is 2.19 bits per heavy atom. The molecule has 1 aliphatic carbocycles. The molecule has 0 radical (unpaired) electrons. The maximum Gasteiger partial charge on any atom is 0.0317 e. The quantitative estimate of drug-likeness (QED) is 0.770. The first-order chi connectivity index (χ1) is 7.73. The van der Waals surface area contributed by atoms with E-state index in [2.05, 4.69) is 30.0 Å². The van der Waals surface area contributed by atoms with Crippen LogP contribution in [0.3, 0.4) is 0 Å². The highest BCUT2D eigenvalue weighted by molar-refractivity contribution is 5.50. The van der Waals surface area contributed by atoms with Crippen LogP contribution in [0.5, 0.6) is 0 Å². The van der Waals surface area contributed by atoms with Crippen molar-refractivity contribution in [1.29, 1.82) is 0 Å². The lowest BCUT2D eigenvalue weighted by atomic mass is 9.86. The molecule has 1 heterocycles. The minimum absolute atomic E-state index is 0.496. The lowest BCUT2D eigenvalue weighted by Gasteiger charge is -2.35. The van der Waals surface area contributed by atoms with Crippen molar-refractivity contribution >= 4 is 5.69 Å². The lowest BCUT2D eigenvalue weighted by Crippen LogP contribution is -2.38. The number of nitrogen functional groups attached to an aromatic ring is 1. The van der Waals surface area contributed by atoms with Crippen molar-refractivity contribution in [2.75, 3.05) is 18.8 Å². The number of anilines is 1. The summed E-state index contributed by atoms with van der Waals surface area (Å²) >= 11 is 0. The molecule has 2 heteroatoms. The summed E-state index contributed by atoms with van der Waals surface area (Å²) in [4.78, 5) is 2.59. The predicted molar refractivity (Wildman–Crippen MR) is 67.3 cm³/mol. The average molecular weight is 216 g/mol. The Balaban J connectivity index is 1.96. The van der Waals surface area contributed by atoms with E-state index < -0.39 is 0 Å². The second-order valence-corrected chi connectivity index (χ2v) is 5.41. The zero-order valence-electron chi connectivity index (χ0n) is 10.00. The molecule has 2 N–H and O–H groups in total. The minimum atomic E-state index is 0.496. The van der Waals surface area contributed by atoms with E-state index in [-0.39, 0.29) is 0 Å². The molecule has 2 nitrogen and oxygen atoms in total. The van der Waals surface area contributed by atoms with Gasteiger partial charge in [0.2, 0.25) is 0 Å². The van der Waals surface area contributed by atoms with Gasteiger partial charge in [-0.15, -0.1) is 0 Å². The summed E-state index contributed by atoms with van der Waals surface area (Å²) < 4.78 is 0. The van der Waals surface area contributed by atoms with Gasteiger partial charge in [0, 0.05) is 24.2 Å². The van der Waals surface area contributed by atoms with Crippen LogP contribution in [0.25, 0.3) is 0 Å². The van der Waals surface area contributed by atoms with Gasteiger partial charge in [0.15, 0.2) is 0 Å². The van der Waals surface area contributed by atoms with E-state index in [0.717, 1.165) is 12.2 Å². The number of hydrogen-bond donors (Lipinski definition) is 1. The maximum atomic E-state index is 5.89. The third kappa shape index (κ3) is 1.52. The van der Waals surface area contributed by atoms with Crippen LogP contribution < -0.4 is 5.73 Å². The van der Waals surface area contributed by atoms with Crippen LogP contribution in [-0.4, -0.2) is 18.0 Å². The van der Waals surface area contributed by atoms with E-state index >= 15 is 0 Å².